The Balaban J connectivity index is 2.92. The van der Waals surface area contributed by atoms with Crippen molar-refractivity contribution < 1.29 is 8.78 Å². The average molecular weight is 213 g/mol. The summed E-state index contributed by atoms with van der Waals surface area (Å²) < 4.78 is 27.3. The van der Waals surface area contributed by atoms with Gasteiger partial charge in [-0.1, -0.05) is 32.0 Å². The summed E-state index contributed by atoms with van der Waals surface area (Å²) in [5, 5.41) is 0. The van der Waals surface area contributed by atoms with E-state index in [1.807, 2.05) is 13.8 Å². The first-order valence-corrected chi connectivity index (χ1v) is 5.16. The van der Waals surface area contributed by atoms with Gasteiger partial charge in [-0.05, 0) is 18.5 Å². The van der Waals surface area contributed by atoms with Crippen LogP contribution in [0, 0.1) is 17.7 Å². The number of benzene rings is 1. The van der Waals surface area contributed by atoms with Crippen molar-refractivity contribution in [2.45, 2.75) is 20.0 Å². The van der Waals surface area contributed by atoms with Gasteiger partial charge < -0.3 is 5.73 Å². The zero-order chi connectivity index (χ0) is 11.4. The Morgan fingerprint density at radius 2 is 1.87 bits per heavy atom. The van der Waals surface area contributed by atoms with E-state index in [1.54, 1.807) is 12.1 Å². The first-order chi connectivity index (χ1) is 7.07. The second-order valence-electron chi connectivity index (χ2n) is 4.07. The molecule has 0 aliphatic heterocycles. The van der Waals surface area contributed by atoms with Crippen molar-refractivity contribution in [3.05, 3.63) is 35.6 Å². The maximum atomic E-state index is 14.0. The molecule has 0 fully saturated rings. The number of nitrogens with two attached hydrogens (primary N) is 1. The minimum absolute atomic E-state index is 0.101. The van der Waals surface area contributed by atoms with Gasteiger partial charge in [0.25, 0.3) is 0 Å². The summed E-state index contributed by atoms with van der Waals surface area (Å²) in [5.74, 6) is -0.726. The Kier molecular flexibility index (Phi) is 4.21. The fraction of sp³-hybridized carbons (Fsp3) is 0.500. The fourth-order valence-corrected chi connectivity index (χ4v) is 1.66. The van der Waals surface area contributed by atoms with E-state index in [0.717, 1.165) is 0 Å². The van der Waals surface area contributed by atoms with E-state index in [2.05, 4.69) is 0 Å². The Hall–Kier alpha value is -0.960. The molecule has 0 radical (unpaired) electrons. The lowest BCUT2D eigenvalue weighted by atomic mass is 9.87. The van der Waals surface area contributed by atoms with Crippen molar-refractivity contribution in [1.82, 2.24) is 0 Å². The zero-order valence-electron chi connectivity index (χ0n) is 9.08. The van der Waals surface area contributed by atoms with Crippen molar-refractivity contribution in [2.24, 2.45) is 17.6 Å². The van der Waals surface area contributed by atoms with Gasteiger partial charge in [0.1, 0.15) is 12.0 Å². The van der Waals surface area contributed by atoms with Gasteiger partial charge in [0.2, 0.25) is 0 Å². The second kappa shape index (κ2) is 5.21. The minimum atomic E-state index is -1.32. The highest BCUT2D eigenvalue weighted by atomic mass is 19.1. The Bertz CT molecular complexity index is 312. The predicted octanol–water partition coefficient (Wildman–Crippen LogP) is 3.07. The van der Waals surface area contributed by atoms with Crippen LogP contribution in [0.15, 0.2) is 24.3 Å². The smallest absolute Gasteiger partial charge is 0.132 e. The predicted molar refractivity (Wildman–Crippen MR) is 57.6 cm³/mol. The van der Waals surface area contributed by atoms with Crippen LogP contribution in [0.3, 0.4) is 0 Å². The molecule has 0 spiro atoms. The van der Waals surface area contributed by atoms with Gasteiger partial charge in [-0.15, -0.1) is 0 Å². The van der Waals surface area contributed by atoms with E-state index in [9.17, 15) is 8.78 Å². The van der Waals surface area contributed by atoms with Crippen LogP contribution >= 0.6 is 0 Å². The first kappa shape index (κ1) is 12.1. The molecule has 1 aromatic rings. The molecule has 0 saturated heterocycles. The highest BCUT2D eigenvalue weighted by Crippen LogP contribution is 2.32. The van der Waals surface area contributed by atoms with E-state index in [4.69, 9.17) is 5.73 Å². The molecule has 2 N–H and O–H groups in total. The van der Waals surface area contributed by atoms with E-state index in [1.165, 1.54) is 12.1 Å². The molecule has 3 heteroatoms. The molecular weight excluding hydrogens is 196 g/mol. The lowest BCUT2D eigenvalue weighted by molar-refractivity contribution is 0.184. The normalized spacial score (nSPS) is 15.3. The van der Waals surface area contributed by atoms with Crippen LogP contribution in [-0.2, 0) is 0 Å². The molecule has 1 rings (SSSR count). The van der Waals surface area contributed by atoms with Crippen LogP contribution in [0.1, 0.15) is 25.6 Å². The van der Waals surface area contributed by atoms with Gasteiger partial charge in [0.15, 0.2) is 0 Å². The molecule has 15 heavy (non-hydrogen) atoms. The minimum Gasteiger partial charge on any atom is -0.330 e. The second-order valence-corrected chi connectivity index (χ2v) is 4.07. The highest BCUT2D eigenvalue weighted by Gasteiger charge is 2.26. The Morgan fingerprint density at radius 3 is 2.33 bits per heavy atom. The molecule has 2 unspecified atom stereocenters. The van der Waals surface area contributed by atoms with Crippen LogP contribution in [-0.4, -0.2) is 6.54 Å². The zero-order valence-corrected chi connectivity index (χ0v) is 9.08. The van der Waals surface area contributed by atoms with Gasteiger partial charge in [-0.2, -0.15) is 0 Å². The third kappa shape index (κ3) is 2.75. The Morgan fingerprint density at radius 1 is 1.27 bits per heavy atom. The third-order valence-corrected chi connectivity index (χ3v) is 2.71. The topological polar surface area (TPSA) is 26.0 Å². The monoisotopic (exact) mass is 213 g/mol. The summed E-state index contributed by atoms with van der Waals surface area (Å²) in [6, 6.07) is 5.94. The van der Waals surface area contributed by atoms with Crippen molar-refractivity contribution in [3.8, 4) is 0 Å². The van der Waals surface area contributed by atoms with Crippen LogP contribution in [0.4, 0.5) is 8.78 Å². The average Bonchev–Trinajstić information content (AvgIpc) is 2.18. The molecule has 0 aliphatic rings. The van der Waals surface area contributed by atoms with Crippen LogP contribution in [0.25, 0.3) is 0 Å². The van der Waals surface area contributed by atoms with Crippen molar-refractivity contribution >= 4 is 0 Å². The first-order valence-electron chi connectivity index (χ1n) is 5.16. The van der Waals surface area contributed by atoms with E-state index < -0.39 is 12.0 Å². The number of alkyl halides is 1. The highest BCUT2D eigenvalue weighted by molar-refractivity contribution is 5.20. The molecule has 0 bridgehead atoms. The summed E-state index contributed by atoms with van der Waals surface area (Å²) in [6.07, 6.45) is -1.32. The summed E-state index contributed by atoms with van der Waals surface area (Å²) in [6.45, 7) is 4.02. The standard InChI is InChI=1S/C12H17F2N/c1-8(2)10(7-15)12(14)9-5-3-4-6-11(9)13/h3-6,8,10,12H,7,15H2,1-2H3. The van der Waals surface area contributed by atoms with Gasteiger partial charge in [-0.3, -0.25) is 0 Å². The molecular formula is C12H17F2N. The number of hydrogen-bond donors (Lipinski definition) is 1. The summed E-state index contributed by atoms with van der Waals surface area (Å²) in [7, 11) is 0. The van der Waals surface area contributed by atoms with Gasteiger partial charge in [0, 0.05) is 11.5 Å². The lowest BCUT2D eigenvalue weighted by Crippen LogP contribution is -2.25. The largest absolute Gasteiger partial charge is 0.330 e. The fourth-order valence-electron chi connectivity index (χ4n) is 1.66. The number of rotatable bonds is 4. The molecule has 1 nitrogen and oxygen atoms in total. The lowest BCUT2D eigenvalue weighted by Gasteiger charge is -2.23. The molecule has 0 aliphatic carbocycles. The summed E-state index contributed by atoms with van der Waals surface area (Å²) in [4.78, 5) is 0. The van der Waals surface area contributed by atoms with Gasteiger partial charge >= 0.3 is 0 Å². The third-order valence-electron chi connectivity index (χ3n) is 2.71. The van der Waals surface area contributed by atoms with Crippen LogP contribution in [0.5, 0.6) is 0 Å². The van der Waals surface area contributed by atoms with Crippen LogP contribution in [0.2, 0.25) is 0 Å². The molecule has 84 valence electrons. The number of hydrogen-bond acceptors (Lipinski definition) is 1. The molecule has 2 atom stereocenters. The van der Waals surface area contributed by atoms with E-state index >= 15 is 0 Å². The van der Waals surface area contributed by atoms with Crippen LogP contribution < -0.4 is 5.73 Å². The van der Waals surface area contributed by atoms with Crippen molar-refractivity contribution in [3.63, 3.8) is 0 Å². The maximum absolute atomic E-state index is 14.0. The van der Waals surface area contributed by atoms with E-state index in [-0.39, 0.29) is 23.9 Å². The molecule has 1 aromatic carbocycles. The molecule has 0 aromatic heterocycles. The van der Waals surface area contributed by atoms with Gasteiger partial charge in [-0.25, -0.2) is 8.78 Å². The van der Waals surface area contributed by atoms with Crippen molar-refractivity contribution in [1.29, 1.82) is 0 Å². The number of halogens is 2. The maximum Gasteiger partial charge on any atom is 0.132 e. The molecule has 0 amide bonds. The Labute approximate surface area is 89.3 Å². The summed E-state index contributed by atoms with van der Waals surface area (Å²) >= 11 is 0. The molecule has 0 saturated carbocycles. The van der Waals surface area contributed by atoms with E-state index in [0.29, 0.717) is 0 Å². The SMILES string of the molecule is CC(C)C(CN)C(F)c1ccccc1F. The molecule has 0 heterocycles. The quantitative estimate of drug-likeness (QED) is 0.817. The van der Waals surface area contributed by atoms with Gasteiger partial charge in [0.05, 0.1) is 0 Å². The summed E-state index contributed by atoms with van der Waals surface area (Å²) in [5.41, 5.74) is 5.61. The van der Waals surface area contributed by atoms with Crippen molar-refractivity contribution in [2.75, 3.05) is 6.54 Å².